The molecule has 0 fully saturated rings. The fourth-order valence-electron chi connectivity index (χ4n) is 3.35. The summed E-state index contributed by atoms with van der Waals surface area (Å²) >= 11 is 0. The molecule has 2 aliphatic heterocycles. The molecule has 1 atom stereocenters. The zero-order valence-corrected chi connectivity index (χ0v) is 13.4. The third-order valence-electron chi connectivity index (χ3n) is 4.20. The predicted octanol–water partition coefficient (Wildman–Crippen LogP) is 3.23. The highest BCUT2D eigenvalue weighted by Gasteiger charge is 2.37. The zero-order chi connectivity index (χ0) is 17.1. The number of benzene rings is 2. The van der Waals surface area contributed by atoms with Crippen molar-refractivity contribution in [2.75, 3.05) is 0 Å². The van der Waals surface area contributed by atoms with E-state index in [2.05, 4.69) is 0 Å². The van der Waals surface area contributed by atoms with Crippen molar-refractivity contribution in [1.82, 2.24) is 0 Å². The predicted molar refractivity (Wildman–Crippen MR) is 88.1 cm³/mol. The Morgan fingerprint density at radius 1 is 1.33 bits per heavy atom. The summed E-state index contributed by atoms with van der Waals surface area (Å²) < 4.78 is 11.4. The van der Waals surface area contributed by atoms with Crippen LogP contribution >= 0.6 is 0 Å². The van der Waals surface area contributed by atoms with Crippen molar-refractivity contribution in [1.29, 1.82) is 0 Å². The van der Waals surface area contributed by atoms with E-state index >= 15 is 0 Å². The number of Topliss-reactive ketones (excluding diaryl/α,β-unsaturated/α-hetero) is 2. The number of carbonyl (C=O) groups excluding carboxylic acids is 2. The van der Waals surface area contributed by atoms with Gasteiger partial charge < -0.3 is 14.6 Å². The number of carbonyl (C=O) groups is 2. The summed E-state index contributed by atoms with van der Waals surface area (Å²) in [5, 5.41) is 11.7. The lowest BCUT2D eigenvalue weighted by atomic mass is 9.90. The molecule has 0 amide bonds. The van der Waals surface area contributed by atoms with Crippen molar-refractivity contribution in [2.24, 2.45) is 0 Å². The Balaban J connectivity index is 1.97. The lowest BCUT2D eigenvalue weighted by Gasteiger charge is -2.32. The van der Waals surface area contributed by atoms with Crippen LogP contribution in [-0.4, -0.2) is 22.5 Å². The van der Waals surface area contributed by atoms with Crippen LogP contribution in [-0.2, 0) is 4.79 Å². The molecule has 5 nitrogen and oxygen atoms in total. The van der Waals surface area contributed by atoms with E-state index in [1.54, 1.807) is 6.07 Å². The minimum absolute atomic E-state index is 0.00389. The Morgan fingerprint density at radius 2 is 2.12 bits per heavy atom. The number of rotatable bonds is 2. The van der Waals surface area contributed by atoms with E-state index in [0.29, 0.717) is 22.8 Å². The fraction of sp³-hybridized carbons (Fsp3) is 0.263. The highest BCUT2D eigenvalue weighted by atomic mass is 16.6. The number of hydrogen-bond acceptors (Lipinski definition) is 5. The molecule has 0 saturated carbocycles. The Bertz CT molecular complexity index is 936. The summed E-state index contributed by atoms with van der Waals surface area (Å²) in [6.45, 7) is 2.97. The molecule has 2 aromatic carbocycles. The Labute approximate surface area is 138 Å². The molecule has 0 aromatic heterocycles. The first-order chi connectivity index (χ1) is 11.3. The van der Waals surface area contributed by atoms with Crippen LogP contribution in [0.15, 0.2) is 30.0 Å². The van der Waals surface area contributed by atoms with E-state index in [1.807, 2.05) is 24.3 Å². The first kappa shape index (κ1) is 14.9. The van der Waals surface area contributed by atoms with Crippen molar-refractivity contribution in [3.63, 3.8) is 0 Å². The topological polar surface area (TPSA) is 72.8 Å². The van der Waals surface area contributed by atoms with Crippen LogP contribution in [0.2, 0.25) is 0 Å². The zero-order valence-electron chi connectivity index (χ0n) is 13.4. The molecule has 122 valence electrons. The van der Waals surface area contributed by atoms with Gasteiger partial charge in [0.2, 0.25) is 5.79 Å². The molecule has 24 heavy (non-hydrogen) atoms. The van der Waals surface area contributed by atoms with Crippen LogP contribution in [0.25, 0.3) is 16.8 Å². The SMILES string of the molecule is CC(=O)CC1=Cc2cccc3c4c(cc(c23)O1)O[C@](C)(O)CC4=O. The van der Waals surface area contributed by atoms with E-state index in [4.69, 9.17) is 9.47 Å². The number of ether oxygens (including phenoxy) is 2. The van der Waals surface area contributed by atoms with Gasteiger partial charge in [0, 0.05) is 23.8 Å². The van der Waals surface area contributed by atoms with Gasteiger partial charge in [0.05, 0.1) is 18.4 Å². The smallest absolute Gasteiger partial charge is 0.212 e. The molecule has 1 N–H and O–H groups in total. The monoisotopic (exact) mass is 324 g/mol. The normalized spacial score (nSPS) is 21.6. The molecule has 0 radical (unpaired) electrons. The summed E-state index contributed by atoms with van der Waals surface area (Å²) in [4.78, 5) is 23.9. The van der Waals surface area contributed by atoms with Gasteiger partial charge in [-0.2, -0.15) is 0 Å². The van der Waals surface area contributed by atoms with Crippen LogP contribution in [0.5, 0.6) is 11.5 Å². The molecule has 2 aliphatic rings. The molecule has 5 heteroatoms. The van der Waals surface area contributed by atoms with Gasteiger partial charge in [-0.15, -0.1) is 0 Å². The fourth-order valence-corrected chi connectivity index (χ4v) is 3.35. The molecule has 0 unspecified atom stereocenters. The van der Waals surface area contributed by atoms with E-state index in [-0.39, 0.29) is 24.4 Å². The second-order valence-corrected chi connectivity index (χ2v) is 6.49. The average molecular weight is 324 g/mol. The van der Waals surface area contributed by atoms with Gasteiger partial charge in [0.15, 0.2) is 5.78 Å². The summed E-state index contributed by atoms with van der Waals surface area (Å²) in [5.74, 6) is -0.304. The van der Waals surface area contributed by atoms with E-state index < -0.39 is 5.79 Å². The number of aliphatic hydroxyl groups is 1. The molecular formula is C19H16O5. The standard InChI is InChI=1S/C19H16O5/c1-10(20)6-12-7-11-4-3-5-13-17(11)15(23-12)8-16-18(13)14(21)9-19(2,22)24-16/h3-5,7-8,22H,6,9H2,1-2H3/t19-/m0/s1. The van der Waals surface area contributed by atoms with Gasteiger partial charge in [-0.05, 0) is 18.6 Å². The van der Waals surface area contributed by atoms with Crippen molar-refractivity contribution in [2.45, 2.75) is 32.5 Å². The third-order valence-corrected chi connectivity index (χ3v) is 4.20. The maximum Gasteiger partial charge on any atom is 0.212 e. The quantitative estimate of drug-likeness (QED) is 0.918. The summed E-state index contributed by atoms with van der Waals surface area (Å²) in [6, 6.07) is 7.25. The van der Waals surface area contributed by atoms with Crippen LogP contribution < -0.4 is 9.47 Å². The van der Waals surface area contributed by atoms with Crippen LogP contribution in [0.3, 0.4) is 0 Å². The number of fused-ring (bicyclic) bond motifs is 2. The first-order valence-corrected chi connectivity index (χ1v) is 7.76. The Hall–Kier alpha value is -2.66. The van der Waals surface area contributed by atoms with Crippen molar-refractivity contribution < 1.29 is 24.2 Å². The minimum Gasteiger partial charge on any atom is -0.461 e. The van der Waals surface area contributed by atoms with Crippen molar-refractivity contribution in [3.8, 4) is 11.5 Å². The summed E-state index contributed by atoms with van der Waals surface area (Å²) in [7, 11) is 0. The molecule has 0 saturated heterocycles. The maximum absolute atomic E-state index is 12.5. The van der Waals surface area contributed by atoms with Gasteiger partial charge >= 0.3 is 0 Å². The molecule has 0 bridgehead atoms. The second-order valence-electron chi connectivity index (χ2n) is 6.49. The van der Waals surface area contributed by atoms with E-state index in [0.717, 1.165) is 16.3 Å². The minimum atomic E-state index is -1.53. The Morgan fingerprint density at radius 3 is 2.88 bits per heavy atom. The molecule has 0 aliphatic carbocycles. The van der Waals surface area contributed by atoms with E-state index in [9.17, 15) is 14.7 Å². The molecule has 2 heterocycles. The summed E-state index contributed by atoms with van der Waals surface area (Å²) in [5.41, 5.74) is 1.37. The first-order valence-electron chi connectivity index (χ1n) is 7.76. The van der Waals surface area contributed by atoms with Crippen LogP contribution in [0, 0.1) is 0 Å². The van der Waals surface area contributed by atoms with Crippen molar-refractivity contribution in [3.05, 3.63) is 41.2 Å². The van der Waals surface area contributed by atoms with Gasteiger partial charge in [-0.3, -0.25) is 9.59 Å². The van der Waals surface area contributed by atoms with Crippen LogP contribution in [0.1, 0.15) is 42.6 Å². The van der Waals surface area contributed by atoms with Gasteiger partial charge in [-0.25, -0.2) is 0 Å². The summed E-state index contributed by atoms with van der Waals surface area (Å²) in [6.07, 6.45) is 1.93. The molecule has 0 spiro atoms. The van der Waals surface area contributed by atoms with Crippen LogP contribution in [0.4, 0.5) is 0 Å². The maximum atomic E-state index is 12.5. The van der Waals surface area contributed by atoms with Crippen molar-refractivity contribution >= 4 is 28.4 Å². The van der Waals surface area contributed by atoms with Gasteiger partial charge in [-0.1, -0.05) is 18.2 Å². The number of allylic oxidation sites excluding steroid dienone is 1. The highest BCUT2D eigenvalue weighted by molar-refractivity contribution is 6.15. The number of ketones is 2. The highest BCUT2D eigenvalue weighted by Crippen LogP contribution is 2.45. The van der Waals surface area contributed by atoms with E-state index in [1.165, 1.54) is 13.8 Å². The lowest BCUT2D eigenvalue weighted by molar-refractivity contribution is -0.123. The molecule has 2 aromatic rings. The van der Waals surface area contributed by atoms with Gasteiger partial charge in [0.1, 0.15) is 23.0 Å². The number of hydrogen-bond donors (Lipinski definition) is 1. The Kier molecular flexibility index (Phi) is 3.05. The average Bonchev–Trinajstić information content (AvgIpc) is 2.44. The molecular weight excluding hydrogens is 308 g/mol. The second kappa shape index (κ2) is 4.92. The lowest BCUT2D eigenvalue weighted by Crippen LogP contribution is -2.38. The molecule has 4 rings (SSSR count). The largest absolute Gasteiger partial charge is 0.461 e. The third kappa shape index (κ3) is 2.29. The van der Waals surface area contributed by atoms with Gasteiger partial charge in [0.25, 0.3) is 0 Å².